The van der Waals surface area contributed by atoms with Crippen LogP contribution in [0.4, 0.5) is 0 Å². The molecule has 0 aliphatic rings. The second kappa shape index (κ2) is 6.14. The van der Waals surface area contributed by atoms with Gasteiger partial charge in [0, 0.05) is 12.3 Å². The van der Waals surface area contributed by atoms with Crippen LogP contribution in [-0.4, -0.2) is 28.2 Å². The SMILES string of the molecule is CCOc1cc(OCC#N)ccc1-c1nc2cnccc2[nH]1. The lowest BCUT2D eigenvalue weighted by molar-refractivity contribution is 0.333. The molecule has 110 valence electrons. The number of nitrogens with zero attached hydrogens (tertiary/aromatic N) is 3. The molecule has 0 aliphatic carbocycles. The normalized spacial score (nSPS) is 10.4. The zero-order valence-electron chi connectivity index (χ0n) is 12.0. The van der Waals surface area contributed by atoms with Crippen LogP contribution in [0.15, 0.2) is 36.7 Å². The third kappa shape index (κ3) is 2.69. The molecule has 6 heteroatoms. The summed E-state index contributed by atoms with van der Waals surface area (Å²) in [4.78, 5) is 11.8. The first kappa shape index (κ1) is 13.9. The number of nitriles is 1. The number of imidazole rings is 1. The molecule has 1 aromatic carbocycles. The summed E-state index contributed by atoms with van der Waals surface area (Å²) in [5.41, 5.74) is 2.55. The van der Waals surface area contributed by atoms with E-state index in [1.54, 1.807) is 24.5 Å². The summed E-state index contributed by atoms with van der Waals surface area (Å²) in [7, 11) is 0. The van der Waals surface area contributed by atoms with E-state index in [0.717, 1.165) is 16.6 Å². The van der Waals surface area contributed by atoms with Crippen molar-refractivity contribution in [2.45, 2.75) is 6.92 Å². The first-order valence-corrected chi connectivity index (χ1v) is 6.88. The van der Waals surface area contributed by atoms with Crippen LogP contribution in [-0.2, 0) is 0 Å². The average molecular weight is 294 g/mol. The van der Waals surface area contributed by atoms with Gasteiger partial charge in [-0.25, -0.2) is 4.98 Å². The molecule has 0 aliphatic heterocycles. The van der Waals surface area contributed by atoms with Crippen LogP contribution in [0.1, 0.15) is 6.92 Å². The van der Waals surface area contributed by atoms with Gasteiger partial charge in [0.15, 0.2) is 6.61 Å². The lowest BCUT2D eigenvalue weighted by Crippen LogP contribution is -1.98. The minimum atomic E-state index is 0.00121. The highest BCUT2D eigenvalue weighted by Crippen LogP contribution is 2.33. The van der Waals surface area contributed by atoms with Gasteiger partial charge in [0.2, 0.25) is 0 Å². The molecule has 0 saturated heterocycles. The number of rotatable bonds is 5. The maximum Gasteiger partial charge on any atom is 0.174 e. The van der Waals surface area contributed by atoms with E-state index in [9.17, 15) is 0 Å². The van der Waals surface area contributed by atoms with Crippen molar-refractivity contribution >= 4 is 11.0 Å². The summed E-state index contributed by atoms with van der Waals surface area (Å²) in [6.45, 7) is 2.44. The third-order valence-electron chi connectivity index (χ3n) is 3.10. The number of benzene rings is 1. The molecule has 1 N–H and O–H groups in total. The number of aromatic nitrogens is 3. The van der Waals surface area contributed by atoms with Crippen LogP contribution in [0.3, 0.4) is 0 Å². The maximum atomic E-state index is 8.59. The number of pyridine rings is 1. The molecule has 0 radical (unpaired) electrons. The highest BCUT2D eigenvalue weighted by atomic mass is 16.5. The van der Waals surface area contributed by atoms with Crippen molar-refractivity contribution in [3.8, 4) is 29.0 Å². The van der Waals surface area contributed by atoms with Gasteiger partial charge >= 0.3 is 0 Å². The molecule has 0 unspecified atom stereocenters. The molecule has 3 aromatic rings. The number of aromatic amines is 1. The Bertz CT molecular complexity index is 803. The zero-order valence-corrected chi connectivity index (χ0v) is 12.0. The predicted octanol–water partition coefficient (Wildman–Crippen LogP) is 2.93. The van der Waals surface area contributed by atoms with Crippen molar-refractivity contribution in [1.82, 2.24) is 15.0 Å². The van der Waals surface area contributed by atoms with Crippen LogP contribution in [0, 0.1) is 11.3 Å². The Hall–Kier alpha value is -3.07. The molecule has 2 heterocycles. The summed E-state index contributed by atoms with van der Waals surface area (Å²) >= 11 is 0. The lowest BCUT2D eigenvalue weighted by atomic mass is 10.2. The lowest BCUT2D eigenvalue weighted by Gasteiger charge is -2.10. The molecule has 0 amide bonds. The topological polar surface area (TPSA) is 83.8 Å². The largest absolute Gasteiger partial charge is 0.493 e. The van der Waals surface area contributed by atoms with Gasteiger partial charge in [-0.05, 0) is 25.1 Å². The number of nitrogens with one attached hydrogen (secondary N) is 1. The number of hydrogen-bond donors (Lipinski definition) is 1. The van der Waals surface area contributed by atoms with Crippen molar-refractivity contribution in [2.24, 2.45) is 0 Å². The van der Waals surface area contributed by atoms with E-state index in [1.165, 1.54) is 0 Å². The molecule has 2 aromatic heterocycles. The second-order valence-corrected chi connectivity index (χ2v) is 4.52. The van der Waals surface area contributed by atoms with Crippen molar-refractivity contribution < 1.29 is 9.47 Å². The van der Waals surface area contributed by atoms with Gasteiger partial charge in [0.05, 0.1) is 23.9 Å². The molecule has 6 nitrogen and oxygen atoms in total. The smallest absolute Gasteiger partial charge is 0.174 e. The molecular formula is C16H14N4O2. The Morgan fingerprint density at radius 2 is 2.18 bits per heavy atom. The Kier molecular flexibility index (Phi) is 3.88. The monoisotopic (exact) mass is 294 g/mol. The van der Waals surface area contributed by atoms with Crippen molar-refractivity contribution in [1.29, 1.82) is 5.26 Å². The Labute approximate surface area is 127 Å². The van der Waals surface area contributed by atoms with Gasteiger partial charge in [0.1, 0.15) is 28.9 Å². The standard InChI is InChI=1S/C16H14N4O2/c1-2-21-15-9-11(22-8-6-17)3-4-12(15)16-19-13-5-7-18-10-14(13)20-16/h3-5,7,9-10H,2,8H2,1H3,(H,19,20). The number of fused-ring (bicyclic) bond motifs is 1. The Morgan fingerprint density at radius 1 is 1.27 bits per heavy atom. The fourth-order valence-corrected chi connectivity index (χ4v) is 2.16. The highest BCUT2D eigenvalue weighted by Gasteiger charge is 2.12. The molecule has 3 rings (SSSR count). The van der Waals surface area contributed by atoms with Gasteiger partial charge in [0.25, 0.3) is 0 Å². The second-order valence-electron chi connectivity index (χ2n) is 4.52. The Balaban J connectivity index is 2.02. The minimum Gasteiger partial charge on any atom is -0.493 e. The van der Waals surface area contributed by atoms with Crippen LogP contribution < -0.4 is 9.47 Å². The molecule has 0 spiro atoms. The summed E-state index contributed by atoms with van der Waals surface area (Å²) in [6, 6.07) is 9.24. The van der Waals surface area contributed by atoms with E-state index >= 15 is 0 Å². The molecular weight excluding hydrogens is 280 g/mol. The van der Waals surface area contributed by atoms with E-state index in [2.05, 4.69) is 15.0 Å². The maximum absolute atomic E-state index is 8.59. The molecule has 22 heavy (non-hydrogen) atoms. The van der Waals surface area contributed by atoms with E-state index in [1.807, 2.05) is 25.1 Å². The van der Waals surface area contributed by atoms with Crippen molar-refractivity contribution in [2.75, 3.05) is 13.2 Å². The summed E-state index contributed by atoms with van der Waals surface area (Å²) in [6.07, 6.45) is 3.42. The summed E-state index contributed by atoms with van der Waals surface area (Å²) in [5.74, 6) is 1.95. The van der Waals surface area contributed by atoms with Gasteiger partial charge in [-0.15, -0.1) is 0 Å². The van der Waals surface area contributed by atoms with E-state index in [4.69, 9.17) is 14.7 Å². The third-order valence-corrected chi connectivity index (χ3v) is 3.10. The predicted molar refractivity (Wildman–Crippen MR) is 81.6 cm³/mol. The number of ether oxygens (including phenoxy) is 2. The van der Waals surface area contributed by atoms with Crippen LogP contribution >= 0.6 is 0 Å². The number of H-pyrrole nitrogens is 1. The van der Waals surface area contributed by atoms with Gasteiger partial charge < -0.3 is 14.5 Å². The van der Waals surface area contributed by atoms with Gasteiger partial charge in [-0.3, -0.25) is 4.98 Å². The Morgan fingerprint density at radius 3 is 2.95 bits per heavy atom. The summed E-state index contributed by atoms with van der Waals surface area (Å²) in [5, 5.41) is 8.59. The number of hydrogen-bond acceptors (Lipinski definition) is 5. The van der Waals surface area contributed by atoms with Gasteiger partial charge in [-0.2, -0.15) is 5.26 Å². The molecule has 0 bridgehead atoms. The van der Waals surface area contributed by atoms with Crippen LogP contribution in [0.5, 0.6) is 11.5 Å². The highest BCUT2D eigenvalue weighted by molar-refractivity contribution is 5.80. The van der Waals surface area contributed by atoms with Crippen molar-refractivity contribution in [3.05, 3.63) is 36.7 Å². The van der Waals surface area contributed by atoms with E-state index in [0.29, 0.717) is 23.9 Å². The van der Waals surface area contributed by atoms with E-state index < -0.39 is 0 Å². The van der Waals surface area contributed by atoms with E-state index in [-0.39, 0.29) is 6.61 Å². The molecule has 0 atom stereocenters. The van der Waals surface area contributed by atoms with Crippen molar-refractivity contribution in [3.63, 3.8) is 0 Å². The fraction of sp³-hybridized carbons (Fsp3) is 0.188. The first-order valence-electron chi connectivity index (χ1n) is 6.88. The van der Waals surface area contributed by atoms with Crippen LogP contribution in [0.25, 0.3) is 22.4 Å². The first-order chi connectivity index (χ1) is 10.8. The molecule has 0 saturated carbocycles. The van der Waals surface area contributed by atoms with Gasteiger partial charge in [-0.1, -0.05) is 0 Å². The zero-order chi connectivity index (χ0) is 15.4. The minimum absolute atomic E-state index is 0.00121. The average Bonchev–Trinajstić information content (AvgIpc) is 2.97. The fourth-order valence-electron chi connectivity index (χ4n) is 2.16. The summed E-state index contributed by atoms with van der Waals surface area (Å²) < 4.78 is 11.0. The van der Waals surface area contributed by atoms with Crippen LogP contribution in [0.2, 0.25) is 0 Å². The molecule has 0 fully saturated rings. The quantitative estimate of drug-likeness (QED) is 0.782.